The van der Waals surface area contributed by atoms with Crippen molar-refractivity contribution >= 4 is 27.5 Å². The highest BCUT2D eigenvalue weighted by atomic mass is 32.1. The fourth-order valence-corrected chi connectivity index (χ4v) is 2.46. The second-order valence-electron chi connectivity index (χ2n) is 3.58. The van der Waals surface area contributed by atoms with Crippen LogP contribution in [0.5, 0.6) is 0 Å². The summed E-state index contributed by atoms with van der Waals surface area (Å²) in [5.74, 6) is 0.347. The molecule has 5 heteroatoms. The Hall–Kier alpha value is -1.88. The van der Waals surface area contributed by atoms with Crippen molar-refractivity contribution in [1.82, 2.24) is 9.53 Å². The number of hydrogen-bond acceptors (Lipinski definition) is 5. The van der Waals surface area contributed by atoms with Gasteiger partial charge in [0.15, 0.2) is 0 Å². The van der Waals surface area contributed by atoms with Gasteiger partial charge in [0.2, 0.25) is 5.88 Å². The van der Waals surface area contributed by atoms with Crippen LogP contribution in [0.15, 0.2) is 28.9 Å². The van der Waals surface area contributed by atoms with E-state index in [2.05, 4.69) is 15.6 Å². The van der Waals surface area contributed by atoms with Gasteiger partial charge in [-0.2, -0.15) is 4.37 Å². The molecule has 0 unspecified atom stereocenters. The molecule has 0 aliphatic rings. The molecule has 0 atom stereocenters. The van der Waals surface area contributed by atoms with Crippen molar-refractivity contribution in [3.8, 4) is 11.1 Å². The van der Waals surface area contributed by atoms with Crippen molar-refractivity contribution < 1.29 is 4.52 Å². The van der Waals surface area contributed by atoms with E-state index in [-0.39, 0.29) is 0 Å². The quantitative estimate of drug-likeness (QED) is 0.699. The molecule has 1 aromatic carbocycles. The lowest BCUT2D eigenvalue weighted by Gasteiger charge is -1.98. The second kappa shape index (κ2) is 3.31. The van der Waals surface area contributed by atoms with Gasteiger partial charge in [-0.25, -0.2) is 0 Å². The van der Waals surface area contributed by atoms with Crippen LogP contribution in [0.4, 0.5) is 5.88 Å². The predicted octanol–water partition coefficient (Wildman–Crippen LogP) is 2.84. The largest absolute Gasteiger partial charge is 0.367 e. The van der Waals surface area contributed by atoms with Crippen LogP contribution in [0, 0.1) is 6.92 Å². The molecular formula is C11H9N3OS. The fourth-order valence-electron chi connectivity index (χ4n) is 1.69. The maximum absolute atomic E-state index is 5.69. The second-order valence-corrected chi connectivity index (χ2v) is 4.39. The Morgan fingerprint density at radius 3 is 3.00 bits per heavy atom. The smallest absolute Gasteiger partial charge is 0.229 e. The number of rotatable bonds is 1. The number of nitrogens with zero attached hydrogens (tertiary/aromatic N) is 2. The molecule has 80 valence electrons. The highest BCUT2D eigenvalue weighted by Crippen LogP contribution is 2.30. The molecule has 0 radical (unpaired) electrons. The van der Waals surface area contributed by atoms with E-state index in [9.17, 15) is 0 Å². The summed E-state index contributed by atoms with van der Waals surface area (Å²) in [5, 5.41) is 4.83. The van der Waals surface area contributed by atoms with Crippen molar-refractivity contribution in [2.75, 3.05) is 5.73 Å². The first kappa shape index (κ1) is 9.35. The summed E-state index contributed by atoms with van der Waals surface area (Å²) in [4.78, 5) is 0. The summed E-state index contributed by atoms with van der Waals surface area (Å²) >= 11 is 1.50. The number of anilines is 1. The van der Waals surface area contributed by atoms with E-state index < -0.39 is 0 Å². The highest BCUT2D eigenvalue weighted by molar-refractivity contribution is 7.13. The zero-order chi connectivity index (χ0) is 11.1. The Balaban J connectivity index is 2.25. The monoisotopic (exact) mass is 231 g/mol. The fraction of sp³-hybridized carbons (Fsp3) is 0.0909. The van der Waals surface area contributed by atoms with Gasteiger partial charge in [0.25, 0.3) is 0 Å². The highest BCUT2D eigenvalue weighted by Gasteiger charge is 2.09. The van der Waals surface area contributed by atoms with E-state index >= 15 is 0 Å². The first-order valence-corrected chi connectivity index (χ1v) is 5.59. The molecular weight excluding hydrogens is 222 g/mol. The van der Waals surface area contributed by atoms with E-state index in [1.54, 1.807) is 6.20 Å². The standard InChI is InChI=1S/C11H9N3OS/c1-6-8-4-7(2-3-10(8)16-14-6)9-5-13-15-11(9)12/h2-5H,12H2,1H3. The van der Waals surface area contributed by atoms with E-state index in [4.69, 9.17) is 10.3 Å². The van der Waals surface area contributed by atoms with Gasteiger partial charge in [-0.3, -0.25) is 0 Å². The van der Waals surface area contributed by atoms with Crippen molar-refractivity contribution in [2.24, 2.45) is 0 Å². The van der Waals surface area contributed by atoms with Gasteiger partial charge in [-0.05, 0) is 36.2 Å². The Kier molecular flexibility index (Phi) is 1.94. The Bertz CT molecular complexity index is 656. The van der Waals surface area contributed by atoms with Gasteiger partial charge in [-0.15, -0.1) is 0 Å². The van der Waals surface area contributed by atoms with Crippen molar-refractivity contribution in [3.63, 3.8) is 0 Å². The zero-order valence-electron chi connectivity index (χ0n) is 8.60. The Morgan fingerprint density at radius 2 is 2.25 bits per heavy atom. The SMILES string of the molecule is Cc1nsc2ccc(-c3cnoc3N)cc12. The van der Waals surface area contributed by atoms with Crippen LogP contribution in [-0.4, -0.2) is 9.53 Å². The molecule has 2 heterocycles. The van der Waals surface area contributed by atoms with Gasteiger partial charge in [0.1, 0.15) is 0 Å². The van der Waals surface area contributed by atoms with Crippen LogP contribution in [0.2, 0.25) is 0 Å². The summed E-state index contributed by atoms with van der Waals surface area (Å²) < 4.78 is 10.3. The molecule has 0 bridgehead atoms. The molecule has 0 spiro atoms. The Morgan fingerprint density at radius 1 is 1.38 bits per heavy atom. The summed E-state index contributed by atoms with van der Waals surface area (Å²) in [6.07, 6.45) is 1.63. The van der Waals surface area contributed by atoms with Crippen molar-refractivity contribution in [3.05, 3.63) is 30.1 Å². The first-order chi connectivity index (χ1) is 7.75. The lowest BCUT2D eigenvalue weighted by atomic mass is 10.1. The molecule has 2 aromatic heterocycles. The third-order valence-electron chi connectivity index (χ3n) is 2.56. The maximum atomic E-state index is 5.69. The number of benzene rings is 1. The van der Waals surface area contributed by atoms with Gasteiger partial charge in [0, 0.05) is 5.39 Å². The minimum atomic E-state index is 0.347. The molecule has 0 aliphatic heterocycles. The summed E-state index contributed by atoms with van der Waals surface area (Å²) in [5.41, 5.74) is 8.56. The third-order valence-corrected chi connectivity index (χ3v) is 3.48. The minimum absolute atomic E-state index is 0.347. The number of aryl methyl sites for hydroxylation is 1. The third kappa shape index (κ3) is 1.29. The maximum Gasteiger partial charge on any atom is 0.229 e. The molecule has 3 rings (SSSR count). The van der Waals surface area contributed by atoms with E-state index in [0.29, 0.717) is 5.88 Å². The molecule has 3 aromatic rings. The summed E-state index contributed by atoms with van der Waals surface area (Å²) in [7, 11) is 0. The van der Waals surface area contributed by atoms with Gasteiger partial charge in [-0.1, -0.05) is 11.2 Å². The van der Waals surface area contributed by atoms with E-state index in [0.717, 1.165) is 22.2 Å². The summed E-state index contributed by atoms with van der Waals surface area (Å²) in [6.45, 7) is 2.00. The average Bonchev–Trinajstić information content (AvgIpc) is 2.86. The number of aromatic nitrogens is 2. The number of fused-ring (bicyclic) bond motifs is 1. The van der Waals surface area contributed by atoms with Gasteiger partial charge in [0.05, 0.1) is 22.2 Å². The van der Waals surface area contributed by atoms with Crippen LogP contribution in [0.25, 0.3) is 21.2 Å². The number of nitrogen functional groups attached to an aromatic ring is 1. The van der Waals surface area contributed by atoms with Gasteiger partial charge < -0.3 is 10.3 Å². The number of hydrogen-bond donors (Lipinski definition) is 1. The van der Waals surface area contributed by atoms with Crippen LogP contribution in [-0.2, 0) is 0 Å². The van der Waals surface area contributed by atoms with Gasteiger partial charge >= 0.3 is 0 Å². The van der Waals surface area contributed by atoms with Crippen LogP contribution in [0.1, 0.15) is 5.69 Å². The van der Waals surface area contributed by atoms with E-state index in [1.807, 2.05) is 19.1 Å². The zero-order valence-corrected chi connectivity index (χ0v) is 9.41. The molecule has 2 N–H and O–H groups in total. The molecule has 0 saturated carbocycles. The normalized spacial score (nSPS) is 11.1. The molecule has 0 amide bonds. The minimum Gasteiger partial charge on any atom is -0.367 e. The molecule has 16 heavy (non-hydrogen) atoms. The predicted molar refractivity (Wildman–Crippen MR) is 64.3 cm³/mol. The molecule has 0 fully saturated rings. The lowest BCUT2D eigenvalue weighted by molar-refractivity contribution is 0.436. The van der Waals surface area contributed by atoms with E-state index in [1.165, 1.54) is 16.2 Å². The van der Waals surface area contributed by atoms with Crippen molar-refractivity contribution in [1.29, 1.82) is 0 Å². The molecule has 0 saturated heterocycles. The van der Waals surface area contributed by atoms with Crippen LogP contribution < -0.4 is 5.73 Å². The summed E-state index contributed by atoms with van der Waals surface area (Å²) in [6, 6.07) is 6.11. The topological polar surface area (TPSA) is 64.9 Å². The molecule has 4 nitrogen and oxygen atoms in total. The molecule has 0 aliphatic carbocycles. The van der Waals surface area contributed by atoms with Crippen LogP contribution >= 0.6 is 11.5 Å². The van der Waals surface area contributed by atoms with Crippen molar-refractivity contribution in [2.45, 2.75) is 6.92 Å². The Labute approximate surface area is 95.8 Å². The average molecular weight is 231 g/mol. The lowest BCUT2D eigenvalue weighted by Crippen LogP contribution is -1.84. The number of nitrogens with two attached hydrogens (primary N) is 1. The van der Waals surface area contributed by atoms with Crippen LogP contribution in [0.3, 0.4) is 0 Å². The first-order valence-electron chi connectivity index (χ1n) is 4.82.